The summed E-state index contributed by atoms with van der Waals surface area (Å²) in [7, 11) is 1.65. The molecular formula is C24H30N2O5. The Morgan fingerprint density at radius 1 is 1.19 bits per heavy atom. The lowest BCUT2D eigenvalue weighted by atomic mass is 9.71. The molecule has 1 spiro atoms. The maximum atomic E-state index is 12.8. The van der Waals surface area contributed by atoms with Crippen molar-refractivity contribution in [2.45, 2.75) is 43.7 Å². The van der Waals surface area contributed by atoms with Crippen molar-refractivity contribution in [1.29, 1.82) is 0 Å². The van der Waals surface area contributed by atoms with Gasteiger partial charge in [0.2, 0.25) is 5.91 Å². The molecule has 0 bridgehead atoms. The number of benzene rings is 1. The van der Waals surface area contributed by atoms with Crippen LogP contribution in [0.5, 0.6) is 0 Å². The Balaban J connectivity index is 1.62. The van der Waals surface area contributed by atoms with E-state index in [1.54, 1.807) is 13.2 Å². The monoisotopic (exact) mass is 426 g/mol. The molecule has 166 valence electrons. The number of piperidine rings is 1. The number of carbonyl (C=O) groups is 2. The first-order chi connectivity index (χ1) is 15.1. The third kappa shape index (κ3) is 4.00. The largest absolute Gasteiger partial charge is 0.472 e. The van der Waals surface area contributed by atoms with Crippen LogP contribution >= 0.6 is 0 Å². The van der Waals surface area contributed by atoms with Gasteiger partial charge in [0.05, 0.1) is 37.2 Å². The first kappa shape index (κ1) is 21.6. The molecule has 1 aromatic heterocycles. The van der Waals surface area contributed by atoms with Crippen molar-refractivity contribution in [2.24, 2.45) is 0 Å². The molecule has 2 aliphatic rings. The fourth-order valence-electron chi connectivity index (χ4n) is 5.03. The number of carbonyl (C=O) groups excluding carboxylic acids is 2. The molecule has 4 rings (SSSR count). The summed E-state index contributed by atoms with van der Waals surface area (Å²) in [4.78, 5) is 27.0. The zero-order valence-electron chi connectivity index (χ0n) is 18.1. The number of nitrogens with one attached hydrogen (secondary N) is 1. The minimum absolute atomic E-state index is 0.00441. The summed E-state index contributed by atoms with van der Waals surface area (Å²) in [5.74, 6) is -0.00710. The fourth-order valence-corrected chi connectivity index (χ4v) is 5.03. The lowest BCUT2D eigenvalue weighted by Gasteiger charge is -2.44. The highest BCUT2D eigenvalue weighted by atomic mass is 16.5. The van der Waals surface area contributed by atoms with E-state index in [0.717, 1.165) is 18.4 Å². The van der Waals surface area contributed by atoms with E-state index >= 15 is 0 Å². The average molecular weight is 427 g/mol. The third-order valence-corrected chi connectivity index (χ3v) is 6.61. The predicted molar refractivity (Wildman–Crippen MR) is 115 cm³/mol. The van der Waals surface area contributed by atoms with Crippen LogP contribution in [-0.2, 0) is 19.7 Å². The summed E-state index contributed by atoms with van der Waals surface area (Å²) in [6.07, 6.45) is 4.76. The van der Waals surface area contributed by atoms with E-state index in [9.17, 15) is 9.59 Å². The van der Waals surface area contributed by atoms with E-state index in [-0.39, 0.29) is 29.4 Å². The van der Waals surface area contributed by atoms with Crippen molar-refractivity contribution in [1.82, 2.24) is 10.2 Å². The van der Waals surface area contributed by atoms with Gasteiger partial charge < -0.3 is 24.1 Å². The van der Waals surface area contributed by atoms with Gasteiger partial charge in [0.1, 0.15) is 6.26 Å². The Morgan fingerprint density at radius 3 is 2.65 bits per heavy atom. The van der Waals surface area contributed by atoms with Crippen LogP contribution in [0.2, 0.25) is 0 Å². The van der Waals surface area contributed by atoms with Crippen molar-refractivity contribution in [2.75, 3.05) is 33.4 Å². The van der Waals surface area contributed by atoms with Gasteiger partial charge in [0.25, 0.3) is 5.91 Å². The van der Waals surface area contributed by atoms with Gasteiger partial charge >= 0.3 is 0 Å². The second-order valence-corrected chi connectivity index (χ2v) is 8.23. The van der Waals surface area contributed by atoms with Gasteiger partial charge in [-0.3, -0.25) is 9.59 Å². The van der Waals surface area contributed by atoms with Crippen molar-refractivity contribution < 1.29 is 23.5 Å². The molecule has 1 aliphatic carbocycles. The van der Waals surface area contributed by atoms with Gasteiger partial charge in [-0.2, -0.15) is 0 Å². The van der Waals surface area contributed by atoms with Crippen molar-refractivity contribution in [3.8, 4) is 0 Å². The zero-order chi connectivity index (χ0) is 21.8. The number of hydrogen-bond acceptors (Lipinski definition) is 5. The lowest BCUT2D eigenvalue weighted by Crippen LogP contribution is -2.52. The summed E-state index contributed by atoms with van der Waals surface area (Å²) in [6, 6.07) is 9.77. The Bertz CT molecular complexity index is 902. The van der Waals surface area contributed by atoms with E-state index in [1.165, 1.54) is 18.1 Å². The van der Waals surface area contributed by atoms with E-state index < -0.39 is 0 Å². The van der Waals surface area contributed by atoms with Crippen molar-refractivity contribution in [3.63, 3.8) is 0 Å². The molecule has 0 unspecified atom stereocenters. The summed E-state index contributed by atoms with van der Waals surface area (Å²) in [5, 5.41) is 3.19. The Labute approximate surface area is 182 Å². The minimum atomic E-state index is -0.261. The summed E-state index contributed by atoms with van der Waals surface area (Å²) in [5.41, 5.74) is 2.64. The van der Waals surface area contributed by atoms with Crippen LogP contribution in [0.25, 0.3) is 0 Å². The molecule has 1 saturated heterocycles. The van der Waals surface area contributed by atoms with E-state index in [1.807, 2.05) is 24.0 Å². The quantitative estimate of drug-likeness (QED) is 0.689. The SMILES string of the molecule is CCC(=O)N[C@@H]1c2ccccc2C2(CCN(C(=O)c3ccoc3)CC2)[C@H]1OCCOC. The average Bonchev–Trinajstić information content (AvgIpc) is 3.42. The second kappa shape index (κ2) is 9.24. The molecule has 2 atom stereocenters. The Kier molecular flexibility index (Phi) is 6.43. The summed E-state index contributed by atoms with van der Waals surface area (Å²) >= 11 is 0. The standard InChI is InChI=1S/C24H30N2O5/c1-3-20(27)25-21-18-6-4-5-7-19(18)24(22(21)31-15-14-29-2)9-11-26(12-10-24)23(28)17-8-13-30-16-17/h4-8,13,16,21-22H,3,9-12,14-15H2,1-2H3,(H,25,27)/t21-,22+/m1/s1. The van der Waals surface area contributed by atoms with Crippen molar-refractivity contribution >= 4 is 11.8 Å². The number of hydrogen-bond donors (Lipinski definition) is 1. The highest BCUT2D eigenvalue weighted by Crippen LogP contribution is 2.52. The molecular weight excluding hydrogens is 396 g/mol. The number of fused-ring (bicyclic) bond motifs is 2. The van der Waals surface area contributed by atoms with E-state index in [2.05, 4.69) is 17.4 Å². The maximum absolute atomic E-state index is 12.8. The van der Waals surface area contributed by atoms with Crippen molar-refractivity contribution in [3.05, 3.63) is 59.5 Å². The molecule has 7 heteroatoms. The van der Waals surface area contributed by atoms with Crippen LogP contribution in [0.4, 0.5) is 0 Å². The molecule has 1 aliphatic heterocycles. The molecule has 1 N–H and O–H groups in total. The van der Waals surface area contributed by atoms with Gasteiger partial charge in [-0.25, -0.2) is 0 Å². The number of likely N-dealkylation sites (tertiary alicyclic amines) is 1. The molecule has 0 saturated carbocycles. The normalized spacial score (nSPS) is 21.8. The summed E-state index contributed by atoms with van der Waals surface area (Å²) in [6.45, 7) is 4.04. The van der Waals surface area contributed by atoms with Crippen LogP contribution in [0.1, 0.15) is 53.7 Å². The van der Waals surface area contributed by atoms with Crippen LogP contribution in [0.15, 0.2) is 47.3 Å². The van der Waals surface area contributed by atoms with Crippen LogP contribution in [0, 0.1) is 0 Å². The zero-order valence-corrected chi connectivity index (χ0v) is 18.1. The van der Waals surface area contributed by atoms with Crippen LogP contribution < -0.4 is 5.32 Å². The molecule has 31 heavy (non-hydrogen) atoms. The molecule has 2 amide bonds. The molecule has 7 nitrogen and oxygen atoms in total. The van der Waals surface area contributed by atoms with Crippen LogP contribution in [0.3, 0.4) is 0 Å². The Hall–Kier alpha value is -2.64. The summed E-state index contributed by atoms with van der Waals surface area (Å²) < 4.78 is 16.7. The topological polar surface area (TPSA) is 81.0 Å². The first-order valence-corrected chi connectivity index (χ1v) is 10.9. The Morgan fingerprint density at radius 2 is 1.97 bits per heavy atom. The highest BCUT2D eigenvalue weighted by molar-refractivity contribution is 5.93. The van der Waals surface area contributed by atoms with Gasteiger partial charge in [0, 0.05) is 32.0 Å². The fraction of sp³-hybridized carbons (Fsp3) is 0.500. The molecule has 2 aromatic rings. The molecule has 1 aromatic carbocycles. The number of methoxy groups -OCH3 is 1. The van der Waals surface area contributed by atoms with Gasteiger partial charge in [-0.05, 0) is 30.0 Å². The molecule has 1 fully saturated rings. The lowest BCUT2D eigenvalue weighted by molar-refractivity contribution is -0.123. The minimum Gasteiger partial charge on any atom is -0.472 e. The number of ether oxygens (including phenoxy) is 2. The van der Waals surface area contributed by atoms with Gasteiger partial charge in [-0.1, -0.05) is 31.2 Å². The van der Waals surface area contributed by atoms with E-state index in [0.29, 0.717) is 38.3 Å². The smallest absolute Gasteiger partial charge is 0.257 e. The first-order valence-electron chi connectivity index (χ1n) is 10.9. The maximum Gasteiger partial charge on any atom is 0.257 e. The van der Waals surface area contributed by atoms with Crippen LogP contribution in [-0.4, -0.2) is 56.2 Å². The number of nitrogens with zero attached hydrogens (tertiary/aromatic N) is 1. The number of amides is 2. The second-order valence-electron chi connectivity index (χ2n) is 8.23. The van der Waals surface area contributed by atoms with Gasteiger partial charge in [0.15, 0.2) is 0 Å². The third-order valence-electron chi connectivity index (χ3n) is 6.61. The molecule has 2 heterocycles. The number of furan rings is 1. The molecule has 0 radical (unpaired) electrons. The predicted octanol–water partition coefficient (Wildman–Crippen LogP) is 3.07. The highest BCUT2D eigenvalue weighted by Gasteiger charge is 2.54. The number of rotatable bonds is 7. The van der Waals surface area contributed by atoms with E-state index in [4.69, 9.17) is 13.9 Å². The van der Waals surface area contributed by atoms with Gasteiger partial charge in [-0.15, -0.1) is 0 Å².